The zero-order valence-electron chi connectivity index (χ0n) is 8.59. The second-order valence-electron chi connectivity index (χ2n) is 3.10. The van der Waals surface area contributed by atoms with Gasteiger partial charge in [0.1, 0.15) is 11.9 Å². The first-order valence-electron chi connectivity index (χ1n) is 4.81. The van der Waals surface area contributed by atoms with Crippen molar-refractivity contribution in [2.75, 3.05) is 0 Å². The van der Waals surface area contributed by atoms with Crippen LogP contribution in [0, 0.1) is 0 Å². The summed E-state index contributed by atoms with van der Waals surface area (Å²) >= 11 is 0. The summed E-state index contributed by atoms with van der Waals surface area (Å²) in [6.45, 7) is 7.72. The highest BCUT2D eigenvalue weighted by atomic mass is 15.1. The van der Waals surface area contributed by atoms with E-state index in [1.165, 1.54) is 11.5 Å². The Morgan fingerprint density at radius 3 is 2.33 bits per heavy atom. The van der Waals surface area contributed by atoms with Crippen molar-refractivity contribution in [1.82, 2.24) is 4.57 Å². The first kappa shape index (κ1) is 9.30. The molecule has 0 saturated heterocycles. The molecule has 1 aromatic heterocycles. The lowest BCUT2D eigenvalue weighted by atomic mass is 10.3. The predicted octanol–water partition coefficient (Wildman–Crippen LogP) is 1.46. The highest BCUT2D eigenvalue weighted by Crippen LogP contribution is 2.00. The molecule has 1 rings (SSSR count). The van der Waals surface area contributed by atoms with Crippen molar-refractivity contribution < 1.29 is 4.57 Å². The van der Waals surface area contributed by atoms with E-state index in [0.717, 1.165) is 19.4 Å². The van der Waals surface area contributed by atoms with Crippen LogP contribution in [0.4, 0.5) is 0 Å². The minimum absolute atomic E-state index is 1.09. The van der Waals surface area contributed by atoms with Gasteiger partial charge in [-0.05, 0) is 6.92 Å². The Morgan fingerprint density at radius 1 is 1.25 bits per heavy atom. The molecule has 0 spiro atoms. The molecule has 1 aromatic rings. The normalized spacial score (nSPS) is 10.7. The molecular weight excluding hydrogens is 148 g/mol. The van der Waals surface area contributed by atoms with Gasteiger partial charge in [-0.15, -0.1) is 0 Å². The van der Waals surface area contributed by atoms with Crippen molar-refractivity contribution in [2.24, 2.45) is 7.05 Å². The van der Waals surface area contributed by atoms with Gasteiger partial charge < -0.3 is 0 Å². The zero-order valence-corrected chi connectivity index (χ0v) is 8.59. The maximum Gasteiger partial charge on any atom is 0.256 e. The molecule has 0 amide bonds. The van der Waals surface area contributed by atoms with Gasteiger partial charge in [0.25, 0.3) is 5.82 Å². The molecule has 0 bridgehead atoms. The van der Waals surface area contributed by atoms with Crippen molar-refractivity contribution in [3.63, 3.8) is 0 Å². The molecule has 0 aliphatic rings. The van der Waals surface area contributed by atoms with Gasteiger partial charge in [0.05, 0.1) is 13.6 Å². The first-order valence-corrected chi connectivity index (χ1v) is 4.81. The van der Waals surface area contributed by atoms with Crippen LogP contribution in [0.3, 0.4) is 0 Å². The number of nitrogens with zero attached hydrogens (tertiary/aromatic N) is 2. The molecule has 0 aliphatic heterocycles. The molecule has 0 aliphatic carbocycles. The summed E-state index contributed by atoms with van der Waals surface area (Å²) in [5, 5.41) is 0. The van der Waals surface area contributed by atoms with E-state index in [-0.39, 0.29) is 0 Å². The van der Waals surface area contributed by atoms with Gasteiger partial charge in [0, 0.05) is 12.8 Å². The molecular formula is C10H19N2+. The number of aryl methyl sites for hydroxylation is 2. The molecule has 0 atom stereocenters. The summed E-state index contributed by atoms with van der Waals surface area (Å²) in [7, 11) is 2.13. The summed E-state index contributed by atoms with van der Waals surface area (Å²) in [6.07, 6.45) is 4.48. The summed E-state index contributed by atoms with van der Waals surface area (Å²) < 4.78 is 4.64. The molecule has 2 nitrogen and oxygen atoms in total. The highest BCUT2D eigenvalue weighted by molar-refractivity contribution is 4.93. The lowest BCUT2D eigenvalue weighted by Crippen LogP contribution is -2.39. The fourth-order valence-electron chi connectivity index (χ4n) is 1.83. The number of hydrogen-bond acceptors (Lipinski definition) is 0. The molecule has 0 aromatic carbocycles. The Bertz CT molecular complexity index is 261. The second-order valence-corrected chi connectivity index (χ2v) is 3.10. The highest BCUT2D eigenvalue weighted by Gasteiger charge is 2.15. The van der Waals surface area contributed by atoms with Crippen molar-refractivity contribution in [2.45, 2.75) is 40.2 Å². The van der Waals surface area contributed by atoms with Gasteiger partial charge in [0.2, 0.25) is 0 Å². The Morgan fingerprint density at radius 2 is 1.92 bits per heavy atom. The minimum atomic E-state index is 1.09. The third-order valence-electron chi connectivity index (χ3n) is 2.40. The van der Waals surface area contributed by atoms with E-state index in [4.69, 9.17) is 0 Å². The van der Waals surface area contributed by atoms with Crippen LogP contribution in [0.5, 0.6) is 0 Å². The molecule has 1 heterocycles. The third-order valence-corrected chi connectivity index (χ3v) is 2.40. The largest absolute Gasteiger partial charge is 0.256 e. The van der Waals surface area contributed by atoms with Crippen LogP contribution in [-0.4, -0.2) is 4.57 Å². The van der Waals surface area contributed by atoms with E-state index in [9.17, 15) is 0 Å². The number of imidazole rings is 1. The van der Waals surface area contributed by atoms with Crippen LogP contribution in [0.1, 0.15) is 32.3 Å². The third kappa shape index (κ3) is 1.38. The van der Waals surface area contributed by atoms with E-state index >= 15 is 0 Å². The Balaban J connectivity index is 3.16. The summed E-state index contributed by atoms with van der Waals surface area (Å²) in [4.78, 5) is 0. The second kappa shape index (κ2) is 3.74. The van der Waals surface area contributed by atoms with Crippen LogP contribution >= 0.6 is 0 Å². The average Bonchev–Trinajstić information content (AvgIpc) is 2.40. The molecule has 68 valence electrons. The van der Waals surface area contributed by atoms with Crippen molar-refractivity contribution in [3.8, 4) is 0 Å². The SMILES string of the molecule is CCc1cn(C)c(CC)[n+]1CC. The Labute approximate surface area is 74.8 Å². The maximum atomic E-state index is 2.40. The Kier molecular flexibility index (Phi) is 2.90. The smallest absolute Gasteiger partial charge is 0.237 e. The van der Waals surface area contributed by atoms with Gasteiger partial charge in [-0.2, -0.15) is 0 Å². The molecule has 0 fully saturated rings. The molecule has 2 heteroatoms. The van der Waals surface area contributed by atoms with Crippen LogP contribution in [-0.2, 0) is 26.4 Å². The average molecular weight is 167 g/mol. The van der Waals surface area contributed by atoms with Gasteiger partial charge >= 0.3 is 0 Å². The summed E-state index contributed by atoms with van der Waals surface area (Å²) in [5.41, 5.74) is 1.44. The predicted molar refractivity (Wildman–Crippen MR) is 50.0 cm³/mol. The van der Waals surface area contributed by atoms with E-state index in [1.807, 2.05) is 0 Å². The maximum absolute atomic E-state index is 2.40. The topological polar surface area (TPSA) is 8.81 Å². The first-order chi connectivity index (χ1) is 5.74. The number of hydrogen-bond donors (Lipinski definition) is 0. The number of rotatable bonds is 3. The molecule has 0 saturated carbocycles. The minimum Gasteiger partial charge on any atom is -0.237 e. The van der Waals surface area contributed by atoms with Crippen LogP contribution in [0.15, 0.2) is 6.20 Å². The van der Waals surface area contributed by atoms with Crippen molar-refractivity contribution in [3.05, 3.63) is 17.7 Å². The quantitative estimate of drug-likeness (QED) is 0.603. The Hall–Kier alpha value is -0.790. The monoisotopic (exact) mass is 167 g/mol. The van der Waals surface area contributed by atoms with Crippen molar-refractivity contribution in [1.29, 1.82) is 0 Å². The lowest BCUT2D eigenvalue weighted by molar-refractivity contribution is -0.707. The van der Waals surface area contributed by atoms with Crippen molar-refractivity contribution >= 4 is 0 Å². The summed E-state index contributed by atoms with van der Waals surface area (Å²) in [5.74, 6) is 1.43. The molecule has 0 unspecified atom stereocenters. The van der Waals surface area contributed by atoms with Gasteiger partial charge in [-0.3, -0.25) is 0 Å². The van der Waals surface area contributed by atoms with Crippen LogP contribution in [0.25, 0.3) is 0 Å². The van der Waals surface area contributed by atoms with Gasteiger partial charge in [-0.25, -0.2) is 9.13 Å². The zero-order chi connectivity index (χ0) is 9.14. The van der Waals surface area contributed by atoms with E-state index in [0.29, 0.717) is 0 Å². The molecule has 0 radical (unpaired) electrons. The number of aromatic nitrogens is 2. The van der Waals surface area contributed by atoms with Crippen LogP contribution in [0.2, 0.25) is 0 Å². The fourth-order valence-corrected chi connectivity index (χ4v) is 1.83. The van der Waals surface area contributed by atoms with Gasteiger partial charge in [0.15, 0.2) is 0 Å². The summed E-state index contributed by atoms with van der Waals surface area (Å²) in [6, 6.07) is 0. The van der Waals surface area contributed by atoms with E-state index < -0.39 is 0 Å². The van der Waals surface area contributed by atoms with Crippen LogP contribution < -0.4 is 4.57 Å². The standard InChI is InChI=1S/C10H19N2/c1-5-9-8-11(4)10(6-2)12(9)7-3/h8H,5-7H2,1-4H3/q+1. The fraction of sp³-hybridized carbons (Fsp3) is 0.700. The van der Waals surface area contributed by atoms with Gasteiger partial charge in [-0.1, -0.05) is 13.8 Å². The van der Waals surface area contributed by atoms with E-state index in [2.05, 4.69) is 43.1 Å². The molecule has 12 heavy (non-hydrogen) atoms. The lowest BCUT2D eigenvalue weighted by Gasteiger charge is -1.98. The molecule has 0 N–H and O–H groups in total. The van der Waals surface area contributed by atoms with E-state index in [1.54, 1.807) is 0 Å².